The van der Waals surface area contributed by atoms with Crippen molar-refractivity contribution in [1.82, 2.24) is 9.97 Å². The first kappa shape index (κ1) is 12.9. The Morgan fingerprint density at radius 2 is 2.28 bits per heavy atom. The summed E-state index contributed by atoms with van der Waals surface area (Å²) in [5.41, 5.74) is 5.47. The molecule has 0 spiro atoms. The number of nitrogen functional groups attached to an aromatic ring is 1. The molecule has 0 fully saturated rings. The quantitative estimate of drug-likeness (QED) is 0.671. The molecule has 0 aliphatic carbocycles. The molecule has 0 aliphatic rings. The molecular weight excluding hydrogens is 277 g/mol. The third-order valence-electron chi connectivity index (χ3n) is 2.15. The van der Waals surface area contributed by atoms with E-state index in [1.807, 2.05) is 0 Å². The van der Waals surface area contributed by atoms with Crippen molar-refractivity contribution in [3.05, 3.63) is 51.0 Å². The van der Waals surface area contributed by atoms with Gasteiger partial charge in [0.2, 0.25) is 0 Å². The van der Waals surface area contributed by atoms with Gasteiger partial charge in [0, 0.05) is 22.4 Å². The molecule has 0 bridgehead atoms. The van der Waals surface area contributed by atoms with Crippen molar-refractivity contribution in [2.75, 3.05) is 5.73 Å². The number of hydrogen-bond donors (Lipinski definition) is 2. The summed E-state index contributed by atoms with van der Waals surface area (Å²) in [5.74, 6) is -0.000111. The van der Waals surface area contributed by atoms with Crippen LogP contribution in [0.3, 0.4) is 0 Å². The fraction of sp³-hybridized carbons (Fsp3) is 0.0909. The number of aromatic amines is 1. The molecule has 7 heteroatoms. The number of aromatic nitrogens is 2. The number of nitrogens with two attached hydrogens (primary N) is 1. The number of H-pyrrole nitrogens is 1. The molecule has 0 radical (unpaired) electrons. The van der Waals surface area contributed by atoms with E-state index in [1.165, 1.54) is 18.2 Å². The van der Waals surface area contributed by atoms with Gasteiger partial charge < -0.3 is 10.7 Å². The summed E-state index contributed by atoms with van der Waals surface area (Å²) in [4.78, 5) is 17.6. The van der Waals surface area contributed by atoms with E-state index < -0.39 is 0 Å². The summed E-state index contributed by atoms with van der Waals surface area (Å²) in [5, 5.41) is 0.674. The predicted octanol–water partition coefficient (Wildman–Crippen LogP) is 2.44. The standard InChI is InChI=1S/C11H9ClFN3OS/c12-7-2-1-3-8(13)6(7)5-18-11-15-9(14)4-10(17)16-11/h1-4H,5H2,(H3,14,15,16,17). The van der Waals surface area contributed by atoms with Gasteiger partial charge in [-0.2, -0.15) is 0 Å². The van der Waals surface area contributed by atoms with E-state index in [4.69, 9.17) is 17.3 Å². The van der Waals surface area contributed by atoms with Crippen LogP contribution in [-0.4, -0.2) is 9.97 Å². The number of rotatable bonds is 3. The van der Waals surface area contributed by atoms with Crippen LogP contribution in [0.1, 0.15) is 5.56 Å². The van der Waals surface area contributed by atoms with Crippen molar-refractivity contribution < 1.29 is 4.39 Å². The first-order valence-corrected chi connectivity index (χ1v) is 6.35. The van der Waals surface area contributed by atoms with E-state index >= 15 is 0 Å². The fourth-order valence-corrected chi connectivity index (χ4v) is 2.56. The van der Waals surface area contributed by atoms with Crippen LogP contribution in [0.25, 0.3) is 0 Å². The van der Waals surface area contributed by atoms with E-state index in [0.717, 1.165) is 11.8 Å². The predicted molar refractivity (Wildman–Crippen MR) is 70.2 cm³/mol. The second-order valence-corrected chi connectivity index (χ2v) is 4.84. The maximum Gasteiger partial charge on any atom is 0.253 e. The molecule has 0 atom stereocenters. The van der Waals surface area contributed by atoms with Gasteiger partial charge in [-0.1, -0.05) is 29.4 Å². The van der Waals surface area contributed by atoms with Crippen molar-refractivity contribution in [1.29, 1.82) is 0 Å². The highest BCUT2D eigenvalue weighted by Gasteiger charge is 2.08. The van der Waals surface area contributed by atoms with E-state index in [2.05, 4.69) is 9.97 Å². The second-order valence-electron chi connectivity index (χ2n) is 3.46. The molecule has 2 rings (SSSR count). The molecule has 1 aromatic carbocycles. The summed E-state index contributed by atoms with van der Waals surface area (Å²) in [6.45, 7) is 0. The molecule has 0 unspecified atom stereocenters. The van der Waals surface area contributed by atoms with Gasteiger partial charge in [0.1, 0.15) is 11.6 Å². The average molecular weight is 286 g/mol. The van der Waals surface area contributed by atoms with Gasteiger partial charge in [-0.3, -0.25) is 4.79 Å². The summed E-state index contributed by atoms with van der Waals surface area (Å²) in [6, 6.07) is 5.65. The van der Waals surface area contributed by atoms with Gasteiger partial charge in [0.25, 0.3) is 5.56 Å². The van der Waals surface area contributed by atoms with Crippen LogP contribution in [0.5, 0.6) is 0 Å². The maximum absolute atomic E-state index is 13.5. The van der Waals surface area contributed by atoms with Crippen LogP contribution >= 0.6 is 23.4 Å². The number of anilines is 1. The normalized spacial score (nSPS) is 10.6. The molecule has 4 nitrogen and oxygen atoms in total. The van der Waals surface area contributed by atoms with Gasteiger partial charge in [-0.05, 0) is 12.1 Å². The van der Waals surface area contributed by atoms with Crippen molar-refractivity contribution >= 4 is 29.2 Å². The van der Waals surface area contributed by atoms with Crippen molar-refractivity contribution in [2.45, 2.75) is 10.9 Å². The lowest BCUT2D eigenvalue weighted by Gasteiger charge is -2.05. The Balaban J connectivity index is 2.19. The molecule has 18 heavy (non-hydrogen) atoms. The third-order valence-corrected chi connectivity index (χ3v) is 3.41. The molecule has 0 saturated carbocycles. The Hall–Kier alpha value is -1.53. The van der Waals surface area contributed by atoms with E-state index in [0.29, 0.717) is 15.7 Å². The zero-order valence-corrected chi connectivity index (χ0v) is 10.7. The molecule has 0 aliphatic heterocycles. The van der Waals surface area contributed by atoms with Crippen LogP contribution in [-0.2, 0) is 5.75 Å². The van der Waals surface area contributed by atoms with Gasteiger partial charge in [-0.15, -0.1) is 0 Å². The second kappa shape index (κ2) is 5.41. The van der Waals surface area contributed by atoms with Crippen LogP contribution in [0.2, 0.25) is 5.02 Å². The van der Waals surface area contributed by atoms with Gasteiger partial charge in [0.05, 0.1) is 0 Å². The smallest absolute Gasteiger partial charge is 0.253 e. The summed E-state index contributed by atoms with van der Waals surface area (Å²) < 4.78 is 13.5. The van der Waals surface area contributed by atoms with Crippen LogP contribution in [0.15, 0.2) is 34.2 Å². The van der Waals surface area contributed by atoms with Crippen LogP contribution in [0.4, 0.5) is 10.2 Å². The summed E-state index contributed by atoms with van der Waals surface area (Å²) in [6.07, 6.45) is 0. The number of hydrogen-bond acceptors (Lipinski definition) is 4. The minimum absolute atomic E-state index is 0.126. The Morgan fingerprint density at radius 1 is 1.50 bits per heavy atom. The van der Waals surface area contributed by atoms with Gasteiger partial charge >= 0.3 is 0 Å². The topological polar surface area (TPSA) is 71.8 Å². The monoisotopic (exact) mass is 285 g/mol. The van der Waals surface area contributed by atoms with Crippen LogP contribution in [0, 0.1) is 5.82 Å². The maximum atomic E-state index is 13.5. The Bertz CT molecular complexity index is 612. The lowest BCUT2D eigenvalue weighted by atomic mass is 10.2. The van der Waals surface area contributed by atoms with Crippen LogP contribution < -0.4 is 11.3 Å². The highest BCUT2D eigenvalue weighted by atomic mass is 35.5. The molecule has 3 N–H and O–H groups in total. The summed E-state index contributed by atoms with van der Waals surface area (Å²) >= 11 is 7.05. The van der Waals surface area contributed by atoms with Gasteiger partial charge in [-0.25, -0.2) is 9.37 Å². The number of halogens is 2. The highest BCUT2D eigenvalue weighted by Crippen LogP contribution is 2.26. The van der Waals surface area contributed by atoms with Crippen molar-refractivity contribution in [2.24, 2.45) is 0 Å². The van der Waals surface area contributed by atoms with Crippen molar-refractivity contribution in [3.8, 4) is 0 Å². The molecule has 1 heterocycles. The highest BCUT2D eigenvalue weighted by molar-refractivity contribution is 7.98. The average Bonchev–Trinajstić information content (AvgIpc) is 2.27. The van der Waals surface area contributed by atoms with E-state index in [-0.39, 0.29) is 22.9 Å². The fourth-order valence-electron chi connectivity index (χ4n) is 1.33. The minimum atomic E-state index is -0.388. The zero-order valence-electron chi connectivity index (χ0n) is 9.11. The minimum Gasteiger partial charge on any atom is -0.383 e. The SMILES string of the molecule is Nc1cc(=O)[nH]c(SCc2c(F)cccc2Cl)n1. The third kappa shape index (κ3) is 3.02. The number of thioether (sulfide) groups is 1. The number of nitrogens with zero attached hydrogens (tertiary/aromatic N) is 1. The Labute approximate surface area is 111 Å². The Morgan fingerprint density at radius 3 is 2.94 bits per heavy atom. The Kier molecular flexibility index (Phi) is 3.88. The molecule has 2 aromatic rings. The largest absolute Gasteiger partial charge is 0.383 e. The zero-order chi connectivity index (χ0) is 13.1. The lowest BCUT2D eigenvalue weighted by Crippen LogP contribution is -2.09. The molecule has 0 saturated heterocycles. The van der Waals surface area contributed by atoms with Gasteiger partial charge in [0.15, 0.2) is 5.16 Å². The molecule has 94 valence electrons. The first-order chi connectivity index (χ1) is 8.56. The van der Waals surface area contributed by atoms with Crippen molar-refractivity contribution in [3.63, 3.8) is 0 Å². The molecular formula is C11H9ClFN3OS. The number of nitrogens with one attached hydrogen (secondary N) is 1. The number of benzene rings is 1. The first-order valence-electron chi connectivity index (χ1n) is 4.99. The lowest BCUT2D eigenvalue weighted by molar-refractivity contribution is 0.617. The molecule has 1 aromatic heterocycles. The van der Waals surface area contributed by atoms with E-state index in [1.54, 1.807) is 6.07 Å². The van der Waals surface area contributed by atoms with E-state index in [9.17, 15) is 9.18 Å². The summed E-state index contributed by atoms with van der Waals surface area (Å²) in [7, 11) is 0. The molecule has 0 amide bonds.